The number of nitrogens with one attached hydrogen (secondary N) is 1. The van der Waals surface area contributed by atoms with Crippen LogP contribution in [0.15, 0.2) is 45.8 Å². The summed E-state index contributed by atoms with van der Waals surface area (Å²) in [5, 5.41) is 2.61. The summed E-state index contributed by atoms with van der Waals surface area (Å²) in [6, 6.07) is 8.67. The largest absolute Gasteiger partial charge is 0.501 e. The van der Waals surface area contributed by atoms with Crippen LogP contribution in [0.1, 0.15) is 17.5 Å². The second-order valence-electron chi connectivity index (χ2n) is 7.01. The quantitative estimate of drug-likeness (QED) is 0.556. The molecule has 2 aromatic rings. The SMILES string of the molecule is COc1ccc(Br)cc1CCC(=O)Nc1ccc(S(=O)(=O)C(F)(F)F)c(CN(C)C)c1. The minimum Gasteiger partial charge on any atom is -0.496 e. The molecule has 1 N–H and O–H groups in total. The number of anilines is 1. The molecule has 2 rings (SSSR count). The number of ether oxygens (including phenoxy) is 1. The van der Waals surface area contributed by atoms with Gasteiger partial charge >= 0.3 is 5.51 Å². The van der Waals surface area contributed by atoms with Gasteiger partial charge in [-0.25, -0.2) is 8.42 Å². The van der Waals surface area contributed by atoms with E-state index in [0.717, 1.165) is 22.2 Å². The molecular formula is C20H22BrF3N2O4S. The Morgan fingerprint density at radius 1 is 1.13 bits per heavy atom. The molecule has 2 aromatic carbocycles. The Hall–Kier alpha value is -2.11. The van der Waals surface area contributed by atoms with Gasteiger partial charge in [-0.1, -0.05) is 15.9 Å². The van der Waals surface area contributed by atoms with Crippen LogP contribution >= 0.6 is 15.9 Å². The number of aryl methyl sites for hydroxylation is 1. The Kier molecular flexibility index (Phi) is 8.12. The molecule has 0 bridgehead atoms. The fourth-order valence-electron chi connectivity index (χ4n) is 2.92. The van der Waals surface area contributed by atoms with E-state index in [1.807, 2.05) is 12.1 Å². The van der Waals surface area contributed by atoms with Gasteiger partial charge in [0, 0.05) is 23.1 Å². The van der Waals surface area contributed by atoms with E-state index in [0.29, 0.717) is 12.2 Å². The van der Waals surface area contributed by atoms with Gasteiger partial charge in [-0.05, 0) is 68.0 Å². The van der Waals surface area contributed by atoms with Gasteiger partial charge in [-0.3, -0.25) is 4.79 Å². The average Bonchev–Trinajstić information content (AvgIpc) is 2.65. The highest BCUT2D eigenvalue weighted by Crippen LogP contribution is 2.33. The smallest absolute Gasteiger partial charge is 0.496 e. The van der Waals surface area contributed by atoms with Crippen LogP contribution in [0.2, 0.25) is 0 Å². The monoisotopic (exact) mass is 522 g/mol. The van der Waals surface area contributed by atoms with Crippen LogP contribution in [0.4, 0.5) is 18.9 Å². The van der Waals surface area contributed by atoms with Crippen LogP contribution in [0.3, 0.4) is 0 Å². The highest BCUT2D eigenvalue weighted by atomic mass is 79.9. The van der Waals surface area contributed by atoms with Crippen molar-refractivity contribution in [1.29, 1.82) is 0 Å². The van der Waals surface area contributed by atoms with Crippen LogP contribution in [-0.2, 0) is 27.6 Å². The second kappa shape index (κ2) is 10.0. The molecule has 0 aromatic heterocycles. The minimum absolute atomic E-state index is 0.0520. The van der Waals surface area contributed by atoms with Crippen LogP contribution in [0.25, 0.3) is 0 Å². The number of carbonyl (C=O) groups is 1. The molecule has 0 saturated carbocycles. The lowest BCUT2D eigenvalue weighted by Gasteiger charge is -2.17. The molecule has 170 valence electrons. The lowest BCUT2D eigenvalue weighted by atomic mass is 10.1. The Bertz CT molecular complexity index is 1060. The van der Waals surface area contributed by atoms with E-state index in [1.165, 1.54) is 18.1 Å². The van der Waals surface area contributed by atoms with Crippen molar-refractivity contribution in [3.8, 4) is 5.75 Å². The lowest BCUT2D eigenvalue weighted by Crippen LogP contribution is -2.25. The summed E-state index contributed by atoms with van der Waals surface area (Å²) in [7, 11) is -0.795. The summed E-state index contributed by atoms with van der Waals surface area (Å²) >= 11 is 3.36. The third-order valence-corrected chi connectivity index (χ3v) is 6.37. The molecule has 0 radical (unpaired) electrons. The number of halogens is 4. The first-order valence-electron chi connectivity index (χ1n) is 9.06. The normalized spacial score (nSPS) is 12.1. The van der Waals surface area contributed by atoms with Crippen molar-refractivity contribution in [1.82, 2.24) is 4.90 Å². The fraction of sp³-hybridized carbons (Fsp3) is 0.350. The second-order valence-corrected chi connectivity index (χ2v) is 9.84. The number of rotatable bonds is 8. The van der Waals surface area contributed by atoms with E-state index < -0.39 is 20.2 Å². The first-order valence-corrected chi connectivity index (χ1v) is 11.3. The average molecular weight is 523 g/mol. The highest BCUT2D eigenvalue weighted by molar-refractivity contribution is 9.10. The van der Waals surface area contributed by atoms with Crippen molar-refractivity contribution in [3.63, 3.8) is 0 Å². The van der Waals surface area contributed by atoms with Gasteiger partial charge in [-0.2, -0.15) is 13.2 Å². The third-order valence-electron chi connectivity index (χ3n) is 4.29. The zero-order valence-corrected chi connectivity index (χ0v) is 19.5. The zero-order valence-electron chi connectivity index (χ0n) is 17.1. The molecule has 0 aliphatic carbocycles. The van der Waals surface area contributed by atoms with Gasteiger partial charge in [0.25, 0.3) is 9.84 Å². The summed E-state index contributed by atoms with van der Waals surface area (Å²) in [6.45, 7) is -0.0520. The Balaban J connectivity index is 2.22. The van der Waals surface area contributed by atoms with E-state index in [-0.39, 0.29) is 30.1 Å². The lowest BCUT2D eigenvalue weighted by molar-refractivity contribution is -0.116. The van der Waals surface area contributed by atoms with Crippen LogP contribution in [0, 0.1) is 0 Å². The van der Waals surface area contributed by atoms with Crippen molar-refractivity contribution in [2.24, 2.45) is 0 Å². The van der Waals surface area contributed by atoms with Crippen LogP contribution in [-0.4, -0.2) is 45.9 Å². The molecule has 0 saturated heterocycles. The number of alkyl halides is 3. The standard InChI is InChI=1S/C20H22BrF3N2O4S/c1-26(2)12-14-11-16(6-8-18(14)31(28,29)20(22,23)24)25-19(27)9-4-13-10-15(21)5-7-17(13)30-3/h5-8,10-11H,4,9,12H2,1-3H3,(H,25,27). The molecule has 0 fully saturated rings. The summed E-state index contributed by atoms with van der Waals surface area (Å²) < 4.78 is 68.9. The number of hydrogen-bond donors (Lipinski definition) is 1. The Morgan fingerprint density at radius 3 is 2.39 bits per heavy atom. The van der Waals surface area contributed by atoms with Gasteiger partial charge in [0.1, 0.15) is 5.75 Å². The van der Waals surface area contributed by atoms with E-state index in [1.54, 1.807) is 20.2 Å². The fourth-order valence-corrected chi connectivity index (χ4v) is 4.30. The maximum Gasteiger partial charge on any atom is 0.501 e. The van der Waals surface area contributed by atoms with Crippen LogP contribution in [0.5, 0.6) is 5.75 Å². The first-order chi connectivity index (χ1) is 14.3. The number of carbonyl (C=O) groups excluding carboxylic acids is 1. The maximum absolute atomic E-state index is 13.0. The number of amides is 1. The number of sulfone groups is 1. The van der Waals surface area contributed by atoms with Gasteiger partial charge in [0.05, 0.1) is 12.0 Å². The Morgan fingerprint density at radius 2 is 1.81 bits per heavy atom. The van der Waals surface area contributed by atoms with Gasteiger partial charge in [-0.15, -0.1) is 0 Å². The maximum atomic E-state index is 13.0. The topological polar surface area (TPSA) is 75.7 Å². The third kappa shape index (κ3) is 6.44. The van der Waals surface area contributed by atoms with Gasteiger partial charge in [0.15, 0.2) is 0 Å². The molecule has 0 unspecified atom stereocenters. The van der Waals surface area contributed by atoms with Gasteiger partial charge in [0.2, 0.25) is 5.91 Å². The van der Waals surface area contributed by atoms with E-state index in [4.69, 9.17) is 4.74 Å². The van der Waals surface area contributed by atoms with Crippen molar-refractivity contribution in [2.45, 2.75) is 29.8 Å². The predicted molar refractivity (Wildman–Crippen MR) is 115 cm³/mol. The number of nitrogens with zero attached hydrogens (tertiary/aromatic N) is 1. The van der Waals surface area contributed by atoms with E-state index in [9.17, 15) is 26.4 Å². The molecule has 0 aliphatic rings. The van der Waals surface area contributed by atoms with Crippen molar-refractivity contribution >= 4 is 37.4 Å². The van der Waals surface area contributed by atoms with Crippen molar-refractivity contribution < 1.29 is 31.1 Å². The molecule has 31 heavy (non-hydrogen) atoms. The zero-order chi connectivity index (χ0) is 23.4. The number of methoxy groups -OCH3 is 1. The number of benzene rings is 2. The van der Waals surface area contributed by atoms with Crippen LogP contribution < -0.4 is 10.1 Å². The molecule has 11 heteroatoms. The van der Waals surface area contributed by atoms with Crippen molar-refractivity contribution in [3.05, 3.63) is 52.0 Å². The molecule has 6 nitrogen and oxygen atoms in total. The minimum atomic E-state index is -5.51. The summed E-state index contributed by atoms with van der Waals surface area (Å²) in [4.78, 5) is 13.1. The predicted octanol–water partition coefficient (Wildman–Crippen LogP) is 4.38. The molecular weight excluding hydrogens is 501 g/mol. The summed E-state index contributed by atoms with van der Waals surface area (Å²) in [6.07, 6.45) is 0.470. The van der Waals surface area contributed by atoms with E-state index >= 15 is 0 Å². The number of hydrogen-bond acceptors (Lipinski definition) is 5. The Labute approximate surface area is 187 Å². The molecule has 0 heterocycles. The molecule has 0 aliphatic heterocycles. The molecule has 0 atom stereocenters. The first kappa shape index (κ1) is 25.2. The van der Waals surface area contributed by atoms with E-state index in [2.05, 4.69) is 21.2 Å². The molecule has 1 amide bonds. The summed E-state index contributed by atoms with van der Waals surface area (Å²) in [5.74, 6) is 0.259. The molecule has 0 spiro atoms. The summed E-state index contributed by atoms with van der Waals surface area (Å²) in [5.41, 5.74) is -4.45. The van der Waals surface area contributed by atoms with Gasteiger partial charge < -0.3 is 15.0 Å². The van der Waals surface area contributed by atoms with Crippen molar-refractivity contribution in [2.75, 3.05) is 26.5 Å². The highest BCUT2D eigenvalue weighted by Gasteiger charge is 2.47.